The van der Waals surface area contributed by atoms with Crippen LogP contribution >= 0.6 is 0 Å². The number of methoxy groups -OCH3 is 2. The van der Waals surface area contributed by atoms with Gasteiger partial charge in [0.15, 0.2) is 17.3 Å². The van der Waals surface area contributed by atoms with E-state index in [0.717, 1.165) is 5.56 Å². The van der Waals surface area contributed by atoms with Crippen LogP contribution in [0.3, 0.4) is 0 Å². The van der Waals surface area contributed by atoms with Crippen molar-refractivity contribution >= 4 is 0 Å². The molecule has 2 aliphatic heterocycles. The standard InChI is InChI=1S/C20H29NO8/c1-20(2)28-17-15(21)14(11-5-6-12-13(7-11)25-10-24-12)16(26-8-22-3)18(19(17)29-20)27-9-23-4/h5-7,14-19H,8-10,21H2,1-4H3/t14-,15+,16+,17?,18-,19?/m0/s1. The molecule has 2 unspecified atom stereocenters. The maximum atomic E-state index is 6.73. The van der Waals surface area contributed by atoms with Crippen molar-refractivity contribution in [3.63, 3.8) is 0 Å². The minimum atomic E-state index is -0.781. The molecule has 3 aliphatic rings. The van der Waals surface area contributed by atoms with Crippen LogP contribution in [0.5, 0.6) is 11.5 Å². The molecule has 0 amide bonds. The SMILES string of the molecule is COCO[C@@H]1[C@@H](c2ccc3c(c2)OCO3)[C@@H](N)C2OC(C)(C)OC2[C@H]1OCOC. The molecule has 6 atom stereocenters. The summed E-state index contributed by atoms with van der Waals surface area (Å²) in [5, 5.41) is 0. The van der Waals surface area contributed by atoms with Crippen LogP contribution in [0.15, 0.2) is 18.2 Å². The van der Waals surface area contributed by atoms with Crippen molar-refractivity contribution in [3.05, 3.63) is 23.8 Å². The fourth-order valence-electron chi connectivity index (χ4n) is 4.40. The molecule has 0 bridgehead atoms. The predicted molar refractivity (Wildman–Crippen MR) is 101 cm³/mol. The Labute approximate surface area is 170 Å². The van der Waals surface area contributed by atoms with Crippen molar-refractivity contribution in [1.82, 2.24) is 0 Å². The van der Waals surface area contributed by atoms with Crippen molar-refractivity contribution < 1.29 is 37.9 Å². The summed E-state index contributed by atoms with van der Waals surface area (Å²) in [6.45, 7) is 4.12. The van der Waals surface area contributed by atoms with Gasteiger partial charge in [0.05, 0.1) is 6.10 Å². The fraction of sp³-hybridized carbons (Fsp3) is 0.700. The first-order valence-electron chi connectivity index (χ1n) is 9.67. The highest BCUT2D eigenvalue weighted by molar-refractivity contribution is 5.46. The van der Waals surface area contributed by atoms with Crippen molar-refractivity contribution in [1.29, 1.82) is 0 Å². The Morgan fingerprint density at radius 3 is 2.34 bits per heavy atom. The van der Waals surface area contributed by atoms with Crippen LogP contribution in [0.2, 0.25) is 0 Å². The zero-order chi connectivity index (χ0) is 20.6. The van der Waals surface area contributed by atoms with Crippen LogP contribution in [-0.2, 0) is 28.4 Å². The van der Waals surface area contributed by atoms with E-state index in [1.807, 2.05) is 32.0 Å². The van der Waals surface area contributed by atoms with E-state index in [1.54, 1.807) is 14.2 Å². The fourth-order valence-corrected chi connectivity index (χ4v) is 4.40. The van der Waals surface area contributed by atoms with E-state index in [-0.39, 0.29) is 32.4 Å². The molecule has 0 spiro atoms. The highest BCUT2D eigenvalue weighted by Gasteiger charge is 2.58. The molecule has 1 aliphatic carbocycles. The maximum Gasteiger partial charge on any atom is 0.231 e. The summed E-state index contributed by atoms with van der Waals surface area (Å²) in [4.78, 5) is 0. The Bertz CT molecular complexity index is 714. The zero-order valence-corrected chi connectivity index (χ0v) is 17.2. The van der Waals surface area contributed by atoms with Gasteiger partial charge in [0.25, 0.3) is 0 Å². The number of nitrogens with two attached hydrogens (primary N) is 1. The lowest BCUT2D eigenvalue weighted by atomic mass is 9.73. The van der Waals surface area contributed by atoms with Gasteiger partial charge in [-0.25, -0.2) is 0 Å². The molecule has 9 heteroatoms. The lowest BCUT2D eigenvalue weighted by molar-refractivity contribution is -0.216. The van der Waals surface area contributed by atoms with E-state index in [9.17, 15) is 0 Å². The van der Waals surface area contributed by atoms with E-state index in [0.29, 0.717) is 11.5 Å². The molecule has 4 rings (SSSR count). The van der Waals surface area contributed by atoms with E-state index in [1.165, 1.54) is 0 Å². The smallest absolute Gasteiger partial charge is 0.231 e. The number of ether oxygens (including phenoxy) is 8. The van der Waals surface area contributed by atoms with Crippen LogP contribution in [0.4, 0.5) is 0 Å². The highest BCUT2D eigenvalue weighted by Crippen LogP contribution is 2.46. The maximum absolute atomic E-state index is 6.73. The summed E-state index contributed by atoms with van der Waals surface area (Å²) in [5.74, 6) is 0.358. The van der Waals surface area contributed by atoms with Gasteiger partial charge in [-0.3, -0.25) is 0 Å². The Morgan fingerprint density at radius 1 is 0.966 bits per heavy atom. The van der Waals surface area contributed by atoms with E-state index >= 15 is 0 Å². The highest BCUT2D eigenvalue weighted by atomic mass is 16.8. The Morgan fingerprint density at radius 2 is 1.62 bits per heavy atom. The van der Waals surface area contributed by atoms with Gasteiger partial charge in [0.1, 0.15) is 31.9 Å². The van der Waals surface area contributed by atoms with Crippen LogP contribution in [0.25, 0.3) is 0 Å². The monoisotopic (exact) mass is 411 g/mol. The first kappa shape index (κ1) is 20.8. The predicted octanol–water partition coefficient (Wildman–Crippen LogP) is 1.34. The molecule has 2 N–H and O–H groups in total. The van der Waals surface area contributed by atoms with Crippen LogP contribution in [-0.4, -0.2) is 70.8 Å². The molecule has 1 saturated heterocycles. The van der Waals surface area contributed by atoms with Gasteiger partial charge >= 0.3 is 0 Å². The summed E-state index contributed by atoms with van der Waals surface area (Å²) in [5.41, 5.74) is 7.68. The number of hydrogen-bond donors (Lipinski definition) is 1. The number of hydrogen-bond acceptors (Lipinski definition) is 9. The molecule has 2 fully saturated rings. The topological polar surface area (TPSA) is 99.9 Å². The summed E-state index contributed by atoms with van der Waals surface area (Å²) < 4.78 is 45.7. The zero-order valence-electron chi connectivity index (χ0n) is 17.2. The van der Waals surface area contributed by atoms with Gasteiger partial charge in [0, 0.05) is 26.2 Å². The van der Waals surface area contributed by atoms with Crippen LogP contribution in [0, 0.1) is 0 Å². The Hall–Kier alpha value is -1.46. The Balaban J connectivity index is 1.72. The second-order valence-electron chi connectivity index (χ2n) is 7.86. The second-order valence-corrected chi connectivity index (χ2v) is 7.86. The first-order valence-corrected chi connectivity index (χ1v) is 9.67. The minimum absolute atomic E-state index is 0.0902. The van der Waals surface area contributed by atoms with E-state index in [2.05, 4.69) is 0 Å². The third-order valence-corrected chi connectivity index (χ3v) is 5.50. The van der Waals surface area contributed by atoms with Crippen molar-refractivity contribution in [2.75, 3.05) is 34.6 Å². The third-order valence-electron chi connectivity index (χ3n) is 5.50. The third kappa shape index (κ3) is 3.96. The number of benzene rings is 1. The van der Waals surface area contributed by atoms with Gasteiger partial charge < -0.3 is 43.6 Å². The largest absolute Gasteiger partial charge is 0.454 e. The molecule has 1 aromatic carbocycles. The summed E-state index contributed by atoms with van der Waals surface area (Å²) in [7, 11) is 3.15. The molecule has 1 aromatic rings. The van der Waals surface area contributed by atoms with Gasteiger partial charge in [-0.15, -0.1) is 0 Å². The molecule has 9 nitrogen and oxygen atoms in total. The summed E-state index contributed by atoms with van der Waals surface area (Å²) in [6.07, 6.45) is -1.68. The van der Waals surface area contributed by atoms with E-state index < -0.39 is 30.1 Å². The second kappa shape index (κ2) is 8.35. The number of rotatable bonds is 7. The molecule has 0 radical (unpaired) electrons. The van der Waals surface area contributed by atoms with Crippen molar-refractivity contribution in [2.45, 2.75) is 56.0 Å². The molecule has 0 aromatic heterocycles. The Kier molecular flexibility index (Phi) is 5.99. The van der Waals surface area contributed by atoms with Crippen LogP contribution in [0.1, 0.15) is 25.3 Å². The minimum Gasteiger partial charge on any atom is -0.454 e. The average Bonchev–Trinajstić information content (AvgIpc) is 3.28. The summed E-state index contributed by atoms with van der Waals surface area (Å²) >= 11 is 0. The molecule has 1 saturated carbocycles. The molecular formula is C20H29NO8. The van der Waals surface area contributed by atoms with Gasteiger partial charge in [-0.2, -0.15) is 0 Å². The van der Waals surface area contributed by atoms with Gasteiger partial charge in [0.2, 0.25) is 6.79 Å². The lowest BCUT2D eigenvalue weighted by Crippen LogP contribution is -2.63. The molecule has 29 heavy (non-hydrogen) atoms. The molecule has 2 heterocycles. The summed E-state index contributed by atoms with van der Waals surface area (Å²) in [6, 6.07) is 5.39. The lowest BCUT2D eigenvalue weighted by Gasteiger charge is -2.46. The first-order chi connectivity index (χ1) is 13.9. The van der Waals surface area contributed by atoms with Gasteiger partial charge in [-0.1, -0.05) is 6.07 Å². The van der Waals surface area contributed by atoms with Crippen molar-refractivity contribution in [2.24, 2.45) is 5.73 Å². The van der Waals surface area contributed by atoms with E-state index in [4.69, 9.17) is 43.6 Å². The average molecular weight is 411 g/mol. The van der Waals surface area contributed by atoms with Crippen LogP contribution < -0.4 is 15.2 Å². The molecular weight excluding hydrogens is 382 g/mol. The van der Waals surface area contributed by atoms with Crippen molar-refractivity contribution in [3.8, 4) is 11.5 Å². The number of fused-ring (bicyclic) bond motifs is 2. The quantitative estimate of drug-likeness (QED) is 0.666. The normalized spacial score (nSPS) is 34.9. The molecule has 162 valence electrons. The van der Waals surface area contributed by atoms with Gasteiger partial charge in [-0.05, 0) is 31.5 Å².